The molecule has 0 aromatic carbocycles. The first-order valence-corrected chi connectivity index (χ1v) is 6.81. The Morgan fingerprint density at radius 2 is 2.15 bits per heavy atom. The van der Waals surface area contributed by atoms with Gasteiger partial charge in [0, 0.05) is 38.9 Å². The highest BCUT2D eigenvalue weighted by Crippen LogP contribution is 1.97. The number of piperazine rings is 1. The molecule has 2 rings (SSSR count). The van der Waals surface area contributed by atoms with E-state index in [1.807, 2.05) is 35.9 Å². The van der Waals surface area contributed by atoms with Crippen molar-refractivity contribution in [2.45, 2.75) is 13.5 Å². The lowest BCUT2D eigenvalue weighted by molar-refractivity contribution is -0.132. The van der Waals surface area contributed by atoms with Crippen molar-refractivity contribution in [1.82, 2.24) is 24.9 Å². The molecular formula is C13H24ClN5O. The van der Waals surface area contributed by atoms with Crippen LogP contribution in [0.15, 0.2) is 12.4 Å². The zero-order valence-electron chi connectivity index (χ0n) is 12.2. The van der Waals surface area contributed by atoms with Crippen molar-refractivity contribution in [1.29, 1.82) is 0 Å². The second kappa shape index (κ2) is 8.24. The Bertz CT molecular complexity index is 417. The molecule has 0 unspecified atom stereocenters. The van der Waals surface area contributed by atoms with Crippen LogP contribution in [0.5, 0.6) is 0 Å². The van der Waals surface area contributed by atoms with Gasteiger partial charge in [-0.25, -0.2) is 0 Å². The summed E-state index contributed by atoms with van der Waals surface area (Å²) in [5.41, 5.74) is 1.17. The van der Waals surface area contributed by atoms with Crippen LogP contribution in [0.2, 0.25) is 0 Å². The molecule has 0 atom stereocenters. The first-order chi connectivity index (χ1) is 9.15. The average Bonchev–Trinajstić information content (AvgIpc) is 2.83. The first-order valence-electron chi connectivity index (χ1n) is 6.81. The summed E-state index contributed by atoms with van der Waals surface area (Å²) in [4.78, 5) is 16.1. The highest BCUT2D eigenvalue weighted by atomic mass is 35.5. The summed E-state index contributed by atoms with van der Waals surface area (Å²) >= 11 is 0. The molecule has 0 saturated carbocycles. The fourth-order valence-corrected chi connectivity index (χ4v) is 2.19. The fraction of sp³-hybridized carbons (Fsp3) is 0.692. The number of halogens is 1. The molecule has 0 bridgehead atoms. The van der Waals surface area contributed by atoms with E-state index in [-0.39, 0.29) is 18.3 Å². The highest BCUT2D eigenvalue weighted by molar-refractivity contribution is 5.85. The number of carbonyl (C=O) groups is 1. The number of nitrogens with one attached hydrogen (secondary N) is 1. The molecule has 1 fully saturated rings. The smallest absolute Gasteiger partial charge is 0.236 e. The fourth-order valence-electron chi connectivity index (χ4n) is 2.19. The van der Waals surface area contributed by atoms with E-state index in [1.54, 1.807) is 0 Å². The van der Waals surface area contributed by atoms with Crippen molar-refractivity contribution in [2.75, 3.05) is 46.3 Å². The van der Waals surface area contributed by atoms with Crippen LogP contribution in [0.25, 0.3) is 0 Å². The third kappa shape index (κ3) is 5.11. The van der Waals surface area contributed by atoms with E-state index in [9.17, 15) is 4.79 Å². The van der Waals surface area contributed by atoms with E-state index in [0.29, 0.717) is 6.54 Å². The van der Waals surface area contributed by atoms with Crippen LogP contribution < -0.4 is 5.32 Å². The monoisotopic (exact) mass is 301 g/mol. The molecule has 20 heavy (non-hydrogen) atoms. The summed E-state index contributed by atoms with van der Waals surface area (Å²) in [5, 5.41) is 7.50. The number of nitrogens with zero attached hydrogens (tertiary/aromatic N) is 4. The molecule has 2 heterocycles. The number of aromatic nitrogens is 2. The van der Waals surface area contributed by atoms with E-state index in [1.165, 1.54) is 5.56 Å². The second-order valence-electron chi connectivity index (χ2n) is 5.15. The summed E-state index contributed by atoms with van der Waals surface area (Å²) in [5.74, 6) is 0.223. The van der Waals surface area contributed by atoms with E-state index in [2.05, 4.69) is 15.3 Å². The zero-order chi connectivity index (χ0) is 13.7. The summed E-state index contributed by atoms with van der Waals surface area (Å²) in [7, 11) is 1.98. The molecule has 0 spiro atoms. The minimum absolute atomic E-state index is 0. The van der Waals surface area contributed by atoms with Gasteiger partial charge in [0.05, 0.1) is 19.3 Å². The molecule has 1 amide bonds. The Labute approximate surface area is 126 Å². The van der Waals surface area contributed by atoms with Crippen LogP contribution in [0, 0.1) is 6.92 Å². The molecule has 7 heteroatoms. The summed E-state index contributed by atoms with van der Waals surface area (Å²) in [6.07, 6.45) is 3.87. The molecule has 0 aliphatic carbocycles. The largest absolute Gasteiger partial charge is 0.339 e. The molecule has 114 valence electrons. The van der Waals surface area contributed by atoms with Gasteiger partial charge in [0.1, 0.15) is 0 Å². The van der Waals surface area contributed by atoms with Gasteiger partial charge in [-0.2, -0.15) is 5.10 Å². The lowest BCUT2D eigenvalue weighted by Crippen LogP contribution is -2.49. The molecule has 1 aliphatic heterocycles. The average molecular weight is 302 g/mol. The van der Waals surface area contributed by atoms with Crippen LogP contribution in [-0.4, -0.2) is 71.8 Å². The highest BCUT2D eigenvalue weighted by Gasteiger charge is 2.17. The number of rotatable bonds is 5. The van der Waals surface area contributed by atoms with Crippen LogP contribution in [0.3, 0.4) is 0 Å². The van der Waals surface area contributed by atoms with Crippen molar-refractivity contribution in [3.05, 3.63) is 18.0 Å². The first kappa shape index (κ1) is 16.9. The predicted octanol–water partition coefficient (Wildman–Crippen LogP) is -0.0231. The standard InChI is InChI=1S/C13H23N5O.ClH/c1-12-9-15-18(10-12)8-7-16(2)11-13(19)17-5-3-14-4-6-17;/h9-10,14H,3-8,11H2,1-2H3;1H. The molecule has 1 aromatic rings. The maximum atomic E-state index is 12.1. The van der Waals surface area contributed by atoms with Gasteiger partial charge in [-0.05, 0) is 19.5 Å². The van der Waals surface area contributed by atoms with Crippen LogP contribution in [0.1, 0.15) is 5.56 Å². The number of amides is 1. The van der Waals surface area contributed by atoms with E-state index < -0.39 is 0 Å². The summed E-state index contributed by atoms with van der Waals surface area (Å²) < 4.78 is 1.92. The normalized spacial score (nSPS) is 15.2. The molecule has 1 saturated heterocycles. The number of hydrogen-bond donors (Lipinski definition) is 1. The molecule has 1 aromatic heterocycles. The van der Waals surface area contributed by atoms with Gasteiger partial charge >= 0.3 is 0 Å². The topological polar surface area (TPSA) is 53.4 Å². The van der Waals surface area contributed by atoms with Gasteiger partial charge in [-0.1, -0.05) is 0 Å². The maximum Gasteiger partial charge on any atom is 0.236 e. The number of likely N-dealkylation sites (N-methyl/N-ethyl adjacent to an activating group) is 1. The van der Waals surface area contributed by atoms with Gasteiger partial charge in [0.25, 0.3) is 0 Å². The third-order valence-electron chi connectivity index (χ3n) is 3.35. The van der Waals surface area contributed by atoms with Crippen molar-refractivity contribution in [3.8, 4) is 0 Å². The lowest BCUT2D eigenvalue weighted by atomic mass is 10.3. The molecule has 6 nitrogen and oxygen atoms in total. The van der Waals surface area contributed by atoms with Gasteiger partial charge in [0.15, 0.2) is 0 Å². The maximum absolute atomic E-state index is 12.1. The van der Waals surface area contributed by atoms with Gasteiger partial charge < -0.3 is 10.2 Å². The SMILES string of the molecule is Cc1cnn(CCN(C)CC(=O)N2CCNCC2)c1.Cl. The zero-order valence-corrected chi connectivity index (χ0v) is 13.0. The van der Waals surface area contributed by atoms with Crippen molar-refractivity contribution in [2.24, 2.45) is 0 Å². The van der Waals surface area contributed by atoms with Gasteiger partial charge in [0.2, 0.25) is 5.91 Å². The molecule has 1 aliphatic rings. The predicted molar refractivity (Wildman–Crippen MR) is 81.2 cm³/mol. The Kier molecular flexibility index (Phi) is 6.98. The third-order valence-corrected chi connectivity index (χ3v) is 3.35. The quantitative estimate of drug-likeness (QED) is 0.830. The van der Waals surface area contributed by atoms with E-state index >= 15 is 0 Å². The van der Waals surface area contributed by atoms with Gasteiger partial charge in [-0.3, -0.25) is 14.4 Å². The molecule has 1 N–H and O–H groups in total. The number of aryl methyl sites for hydroxylation is 1. The van der Waals surface area contributed by atoms with Crippen LogP contribution in [-0.2, 0) is 11.3 Å². The molecular weight excluding hydrogens is 278 g/mol. The Morgan fingerprint density at radius 1 is 1.45 bits per heavy atom. The number of hydrogen-bond acceptors (Lipinski definition) is 4. The van der Waals surface area contributed by atoms with Crippen molar-refractivity contribution < 1.29 is 4.79 Å². The van der Waals surface area contributed by atoms with Crippen molar-refractivity contribution >= 4 is 18.3 Å². The Balaban J connectivity index is 0.00000200. The van der Waals surface area contributed by atoms with Crippen LogP contribution >= 0.6 is 12.4 Å². The Hall–Kier alpha value is -1.11. The minimum atomic E-state index is 0. The Morgan fingerprint density at radius 3 is 2.75 bits per heavy atom. The summed E-state index contributed by atoms with van der Waals surface area (Å²) in [6.45, 7) is 7.62. The van der Waals surface area contributed by atoms with Crippen molar-refractivity contribution in [3.63, 3.8) is 0 Å². The van der Waals surface area contributed by atoms with E-state index in [0.717, 1.165) is 39.3 Å². The van der Waals surface area contributed by atoms with Crippen LogP contribution in [0.4, 0.5) is 0 Å². The van der Waals surface area contributed by atoms with Gasteiger partial charge in [-0.15, -0.1) is 12.4 Å². The summed E-state index contributed by atoms with van der Waals surface area (Å²) in [6, 6.07) is 0. The number of carbonyl (C=O) groups excluding carboxylic acids is 1. The minimum Gasteiger partial charge on any atom is -0.339 e. The van der Waals surface area contributed by atoms with E-state index in [4.69, 9.17) is 0 Å². The second-order valence-corrected chi connectivity index (χ2v) is 5.15. The molecule has 0 radical (unpaired) electrons. The lowest BCUT2D eigenvalue weighted by Gasteiger charge is -2.29.